The number of nitrogens with zero attached hydrogens (tertiary/aromatic N) is 2. The molecule has 1 aromatic heterocycles. The molecule has 270 valence electrons. The molecule has 7 fully saturated rings. The van der Waals surface area contributed by atoms with Gasteiger partial charge in [0.25, 0.3) is 0 Å². The molecule has 5 aliphatic carbocycles. The highest BCUT2D eigenvalue weighted by molar-refractivity contribution is 5.37. The Hall–Kier alpha value is -1.11. The maximum Gasteiger partial charge on any atom is 0.180 e. The van der Waals surface area contributed by atoms with E-state index in [2.05, 4.69) is 44.5 Å². The lowest BCUT2D eigenvalue weighted by Crippen LogP contribution is -2.71. The molecule has 14 unspecified atom stereocenters. The first-order valence-corrected chi connectivity index (χ1v) is 18.8. The molecule has 2 spiro atoms. The third-order valence-corrected chi connectivity index (χ3v) is 16.6. The summed E-state index contributed by atoms with van der Waals surface area (Å²) in [6.45, 7) is 18.2. The summed E-state index contributed by atoms with van der Waals surface area (Å²) in [7, 11) is 0. The van der Waals surface area contributed by atoms with Crippen molar-refractivity contribution in [1.29, 1.82) is 0 Å². The Morgan fingerprint density at radius 2 is 1.92 bits per heavy atom. The third-order valence-electron chi connectivity index (χ3n) is 16.6. The van der Waals surface area contributed by atoms with Gasteiger partial charge in [-0.15, -0.1) is 0 Å². The maximum atomic E-state index is 12.4. The van der Waals surface area contributed by atoms with Crippen LogP contribution < -0.4 is 5.73 Å². The molecule has 0 amide bonds. The molecule has 1 aromatic rings. The van der Waals surface area contributed by atoms with Crippen LogP contribution in [-0.4, -0.2) is 92.8 Å². The van der Waals surface area contributed by atoms with Crippen LogP contribution in [0.15, 0.2) is 17.1 Å². The lowest BCUT2D eigenvalue weighted by atomic mass is 9.39. The molecule has 5 N–H and O–H groups in total. The number of ether oxygens (including phenoxy) is 3. The average molecular weight is 672 g/mol. The molecular weight excluding hydrogens is 610 g/mol. The first-order chi connectivity index (χ1) is 22.5. The van der Waals surface area contributed by atoms with Crippen molar-refractivity contribution in [3.05, 3.63) is 18.4 Å². The van der Waals surface area contributed by atoms with Crippen LogP contribution in [0.3, 0.4) is 0 Å². The minimum atomic E-state index is -1.29. The number of rotatable bonds is 6. The molecule has 10 heteroatoms. The summed E-state index contributed by atoms with van der Waals surface area (Å²) in [6.07, 6.45) is 8.34. The topological polar surface area (TPSA) is 144 Å². The van der Waals surface area contributed by atoms with Gasteiger partial charge >= 0.3 is 0 Å². The van der Waals surface area contributed by atoms with Crippen LogP contribution in [0.25, 0.3) is 0 Å². The highest BCUT2D eigenvalue weighted by Gasteiger charge is 2.87. The number of nitrogens with two attached hydrogens (primary N) is 1. The summed E-state index contributed by atoms with van der Waals surface area (Å²) in [5, 5.41) is 34.1. The lowest BCUT2D eigenvalue weighted by molar-refractivity contribution is -0.265. The van der Waals surface area contributed by atoms with Crippen molar-refractivity contribution < 1.29 is 33.9 Å². The smallest absolute Gasteiger partial charge is 0.180 e. The predicted octanol–water partition coefficient (Wildman–Crippen LogP) is 4.24. The molecule has 0 radical (unpaired) electrons. The second-order valence-corrected chi connectivity index (χ2v) is 19.0. The van der Waals surface area contributed by atoms with E-state index in [0.717, 1.165) is 63.9 Å². The van der Waals surface area contributed by atoms with E-state index in [9.17, 15) is 15.3 Å². The van der Waals surface area contributed by atoms with E-state index >= 15 is 0 Å². The van der Waals surface area contributed by atoms with E-state index in [0.29, 0.717) is 13.0 Å². The normalized spacial score (nSPS) is 52.0. The van der Waals surface area contributed by atoms with Crippen LogP contribution in [0.5, 0.6) is 0 Å². The van der Waals surface area contributed by atoms with Crippen LogP contribution in [-0.2, 0) is 20.8 Å². The van der Waals surface area contributed by atoms with Crippen LogP contribution in [0.2, 0.25) is 0 Å². The van der Waals surface area contributed by atoms with Crippen LogP contribution in [0.1, 0.15) is 106 Å². The molecule has 8 rings (SSSR count). The van der Waals surface area contributed by atoms with E-state index in [4.69, 9.17) is 24.4 Å². The van der Waals surface area contributed by atoms with Crippen molar-refractivity contribution in [1.82, 2.24) is 9.88 Å². The van der Waals surface area contributed by atoms with Crippen molar-refractivity contribution in [2.45, 2.75) is 154 Å². The minimum absolute atomic E-state index is 0.0691. The van der Waals surface area contributed by atoms with E-state index in [1.165, 1.54) is 12.8 Å². The maximum absolute atomic E-state index is 12.4. The number of hydrogen-bond donors (Lipinski definition) is 4. The Bertz CT molecular complexity index is 1380. The first kappa shape index (κ1) is 34.0. The molecule has 5 saturated carbocycles. The molecule has 3 heterocycles. The molecular formula is C38H61N3O7. The Morgan fingerprint density at radius 1 is 1.15 bits per heavy atom. The van der Waals surface area contributed by atoms with Gasteiger partial charge in [0.15, 0.2) is 12.7 Å². The Morgan fingerprint density at radius 3 is 2.62 bits per heavy atom. The zero-order chi connectivity index (χ0) is 34.3. The summed E-state index contributed by atoms with van der Waals surface area (Å²) < 4.78 is 25.0. The van der Waals surface area contributed by atoms with Crippen molar-refractivity contribution in [3.8, 4) is 0 Å². The second kappa shape index (κ2) is 10.7. The van der Waals surface area contributed by atoms with E-state index in [-0.39, 0.29) is 57.2 Å². The Labute approximate surface area is 286 Å². The highest BCUT2D eigenvalue weighted by atomic mass is 16.7. The fourth-order valence-electron chi connectivity index (χ4n) is 13.8. The van der Waals surface area contributed by atoms with E-state index < -0.39 is 35.6 Å². The zero-order valence-electron chi connectivity index (χ0n) is 30.3. The van der Waals surface area contributed by atoms with Gasteiger partial charge in [0, 0.05) is 13.1 Å². The van der Waals surface area contributed by atoms with Crippen LogP contribution in [0.4, 0.5) is 0 Å². The third kappa shape index (κ3) is 4.24. The van der Waals surface area contributed by atoms with Gasteiger partial charge in [-0.3, -0.25) is 4.90 Å². The zero-order valence-corrected chi connectivity index (χ0v) is 30.3. The molecule has 0 aromatic carbocycles. The molecule has 0 bridgehead atoms. The number of fused-ring (bicyclic) bond motifs is 4. The fraction of sp³-hybridized carbons (Fsp3) is 0.921. The SMILES string of the molecule is CC1CC(C(O)C(C)(C)O)OC2C1C1(C)CCC34CC35CCC(OC3CN(Cc6cocn6)CCO3)C(C)(C)C5(C)CCC4C1(N)C2O. The average Bonchev–Trinajstić information content (AvgIpc) is 3.33. The van der Waals surface area contributed by atoms with E-state index in [1.54, 1.807) is 20.1 Å². The quantitative estimate of drug-likeness (QED) is 0.347. The summed E-state index contributed by atoms with van der Waals surface area (Å²) in [5.41, 5.74) is 6.67. The summed E-state index contributed by atoms with van der Waals surface area (Å²) in [4.78, 5) is 6.65. The minimum Gasteiger partial charge on any atom is -0.451 e. The molecule has 2 aliphatic heterocycles. The van der Waals surface area contributed by atoms with Gasteiger partial charge in [0.2, 0.25) is 0 Å². The van der Waals surface area contributed by atoms with Crippen LogP contribution >= 0.6 is 0 Å². The largest absolute Gasteiger partial charge is 0.451 e. The lowest BCUT2D eigenvalue weighted by Gasteiger charge is -2.67. The number of hydrogen-bond acceptors (Lipinski definition) is 10. The summed E-state index contributed by atoms with van der Waals surface area (Å²) >= 11 is 0. The van der Waals surface area contributed by atoms with E-state index in [1.807, 2.05) is 0 Å². The van der Waals surface area contributed by atoms with Gasteiger partial charge in [-0.2, -0.15) is 0 Å². The van der Waals surface area contributed by atoms with Gasteiger partial charge < -0.3 is 39.7 Å². The fourth-order valence-corrected chi connectivity index (χ4v) is 13.8. The highest BCUT2D eigenvalue weighted by Crippen LogP contribution is 2.90. The Balaban J connectivity index is 1.03. The van der Waals surface area contributed by atoms with Gasteiger partial charge in [0.05, 0.1) is 54.4 Å². The molecule has 10 nitrogen and oxygen atoms in total. The van der Waals surface area contributed by atoms with Gasteiger partial charge in [-0.1, -0.05) is 34.6 Å². The Kier molecular flexibility index (Phi) is 7.59. The van der Waals surface area contributed by atoms with Crippen molar-refractivity contribution in [2.75, 3.05) is 19.7 Å². The van der Waals surface area contributed by atoms with Gasteiger partial charge in [0.1, 0.15) is 12.4 Å². The van der Waals surface area contributed by atoms with Gasteiger partial charge in [-0.25, -0.2) is 4.98 Å². The number of aliphatic hydroxyl groups is 3. The number of oxazole rings is 1. The number of morpholine rings is 1. The number of aliphatic hydroxyl groups excluding tert-OH is 2. The first-order valence-electron chi connectivity index (χ1n) is 18.8. The number of aromatic nitrogens is 1. The van der Waals surface area contributed by atoms with Gasteiger partial charge in [-0.05, 0) is 110 Å². The molecule has 2 saturated heterocycles. The summed E-state index contributed by atoms with van der Waals surface area (Å²) in [6, 6.07) is 0. The van der Waals surface area contributed by atoms with Crippen LogP contribution in [0, 0.1) is 44.8 Å². The molecule has 48 heavy (non-hydrogen) atoms. The molecule has 14 atom stereocenters. The standard InChI is InChI=1S/C38H61N3O7/c1-22-16-24(30(42)33(4,5)44)47-29-28(22)34(6)12-13-36-20-37(36)11-9-26(48-27-18-41(14-15-46-27)17-23-19-45-21-40-23)32(2,3)35(37,7)10-8-25(36)38(34,39)31(29)43/h19,21-22,24-31,42-44H,8-18,20,39H2,1-7H3. The van der Waals surface area contributed by atoms with Crippen molar-refractivity contribution >= 4 is 0 Å². The molecule has 7 aliphatic rings. The second-order valence-electron chi connectivity index (χ2n) is 19.0. The van der Waals surface area contributed by atoms with Crippen molar-refractivity contribution in [2.24, 2.45) is 50.6 Å². The predicted molar refractivity (Wildman–Crippen MR) is 178 cm³/mol. The van der Waals surface area contributed by atoms with Crippen molar-refractivity contribution in [3.63, 3.8) is 0 Å². The monoisotopic (exact) mass is 671 g/mol. The summed E-state index contributed by atoms with van der Waals surface area (Å²) in [5.74, 6) is 0.543.